The van der Waals surface area contributed by atoms with Crippen molar-refractivity contribution in [3.05, 3.63) is 23.9 Å². The number of aromatic nitrogens is 1. The molecule has 78 valence electrons. The first-order valence-electron chi connectivity index (χ1n) is 4.97. The van der Waals surface area contributed by atoms with Crippen molar-refractivity contribution in [1.82, 2.24) is 4.98 Å². The van der Waals surface area contributed by atoms with Crippen LogP contribution in [0.2, 0.25) is 0 Å². The van der Waals surface area contributed by atoms with Gasteiger partial charge in [0, 0.05) is 12.7 Å². The number of anilines is 1. The van der Waals surface area contributed by atoms with Crippen LogP contribution in [0, 0.1) is 0 Å². The molecule has 0 fully saturated rings. The summed E-state index contributed by atoms with van der Waals surface area (Å²) in [4.78, 5) is 4.25. The molecule has 0 aliphatic rings. The van der Waals surface area contributed by atoms with E-state index in [2.05, 4.69) is 30.2 Å². The van der Waals surface area contributed by atoms with Crippen molar-refractivity contribution >= 4 is 5.82 Å². The zero-order valence-corrected chi connectivity index (χ0v) is 8.99. The molecule has 1 rings (SSSR count). The van der Waals surface area contributed by atoms with Gasteiger partial charge in [0.1, 0.15) is 5.82 Å². The molecule has 0 aliphatic carbocycles. The van der Waals surface area contributed by atoms with Crippen LogP contribution < -0.4 is 5.32 Å². The highest BCUT2D eigenvalue weighted by atomic mass is 16.3. The first kappa shape index (κ1) is 11.0. The quantitative estimate of drug-likeness (QED) is 0.770. The van der Waals surface area contributed by atoms with E-state index >= 15 is 0 Å². The lowest BCUT2D eigenvalue weighted by atomic mass is 10.1. The third-order valence-corrected chi connectivity index (χ3v) is 2.03. The van der Waals surface area contributed by atoms with E-state index in [1.54, 1.807) is 6.92 Å². The van der Waals surface area contributed by atoms with E-state index in [4.69, 9.17) is 5.11 Å². The van der Waals surface area contributed by atoms with Gasteiger partial charge in [-0.25, -0.2) is 4.98 Å². The zero-order valence-electron chi connectivity index (χ0n) is 8.99. The monoisotopic (exact) mass is 194 g/mol. The van der Waals surface area contributed by atoms with Crippen LogP contribution >= 0.6 is 0 Å². The molecule has 0 bridgehead atoms. The normalized spacial score (nSPS) is 12.9. The Bertz CT molecular complexity index is 267. The molecule has 3 heteroatoms. The Balaban J connectivity index is 2.55. The SMILES string of the molecule is CC(O)CNc1ccc(C(C)C)cn1. The Morgan fingerprint density at radius 2 is 2.07 bits per heavy atom. The van der Waals surface area contributed by atoms with Crippen molar-refractivity contribution < 1.29 is 5.11 Å². The number of nitrogens with one attached hydrogen (secondary N) is 1. The average Bonchev–Trinajstić information content (AvgIpc) is 2.15. The number of pyridine rings is 1. The van der Waals surface area contributed by atoms with Gasteiger partial charge in [-0.1, -0.05) is 19.9 Å². The molecule has 1 aromatic heterocycles. The minimum Gasteiger partial charge on any atom is -0.392 e. The predicted octanol–water partition coefficient (Wildman–Crippen LogP) is 2.00. The first-order valence-corrected chi connectivity index (χ1v) is 4.97. The Labute approximate surface area is 85.2 Å². The van der Waals surface area contributed by atoms with Crippen LogP contribution in [0.15, 0.2) is 18.3 Å². The summed E-state index contributed by atoms with van der Waals surface area (Å²) in [5.74, 6) is 1.32. The maximum Gasteiger partial charge on any atom is 0.125 e. The van der Waals surface area contributed by atoms with Crippen LogP contribution in [0.5, 0.6) is 0 Å². The topological polar surface area (TPSA) is 45.1 Å². The largest absolute Gasteiger partial charge is 0.392 e. The zero-order chi connectivity index (χ0) is 10.6. The maximum atomic E-state index is 9.07. The smallest absolute Gasteiger partial charge is 0.125 e. The summed E-state index contributed by atoms with van der Waals surface area (Å²) in [6, 6.07) is 4.00. The van der Waals surface area contributed by atoms with Crippen molar-refractivity contribution in [3.63, 3.8) is 0 Å². The van der Waals surface area contributed by atoms with E-state index in [1.165, 1.54) is 5.56 Å². The van der Waals surface area contributed by atoms with Gasteiger partial charge >= 0.3 is 0 Å². The molecule has 1 unspecified atom stereocenters. The lowest BCUT2D eigenvalue weighted by Crippen LogP contribution is -2.15. The standard InChI is InChI=1S/C11H18N2O/c1-8(2)10-4-5-11(13-7-10)12-6-9(3)14/h4-5,7-9,14H,6H2,1-3H3,(H,12,13). The average molecular weight is 194 g/mol. The number of hydrogen-bond donors (Lipinski definition) is 2. The van der Waals surface area contributed by atoms with E-state index in [0.717, 1.165) is 5.82 Å². The Morgan fingerprint density at radius 3 is 2.50 bits per heavy atom. The number of hydrogen-bond acceptors (Lipinski definition) is 3. The minimum absolute atomic E-state index is 0.346. The summed E-state index contributed by atoms with van der Waals surface area (Å²) < 4.78 is 0. The van der Waals surface area contributed by atoms with Crippen molar-refractivity contribution in [1.29, 1.82) is 0 Å². The van der Waals surface area contributed by atoms with Gasteiger partial charge < -0.3 is 10.4 Å². The summed E-state index contributed by atoms with van der Waals surface area (Å²) >= 11 is 0. The molecule has 1 aromatic rings. The van der Waals surface area contributed by atoms with Gasteiger partial charge in [-0.05, 0) is 24.5 Å². The summed E-state index contributed by atoms with van der Waals surface area (Å²) in [7, 11) is 0. The van der Waals surface area contributed by atoms with Gasteiger partial charge in [0.15, 0.2) is 0 Å². The van der Waals surface area contributed by atoms with Gasteiger partial charge in [-0.15, -0.1) is 0 Å². The molecule has 14 heavy (non-hydrogen) atoms. The summed E-state index contributed by atoms with van der Waals surface area (Å²) in [5.41, 5.74) is 1.23. The fourth-order valence-corrected chi connectivity index (χ4v) is 1.10. The number of aliphatic hydroxyl groups excluding tert-OH is 1. The van der Waals surface area contributed by atoms with Crippen molar-refractivity contribution in [2.75, 3.05) is 11.9 Å². The Hall–Kier alpha value is -1.09. The minimum atomic E-state index is -0.346. The number of aliphatic hydroxyl groups is 1. The molecule has 0 saturated heterocycles. The third-order valence-electron chi connectivity index (χ3n) is 2.03. The van der Waals surface area contributed by atoms with Crippen LogP contribution in [-0.2, 0) is 0 Å². The molecule has 1 heterocycles. The van der Waals surface area contributed by atoms with Gasteiger partial charge in [0.2, 0.25) is 0 Å². The Morgan fingerprint density at radius 1 is 1.36 bits per heavy atom. The second kappa shape index (κ2) is 4.96. The highest BCUT2D eigenvalue weighted by molar-refractivity contribution is 5.36. The van der Waals surface area contributed by atoms with Crippen molar-refractivity contribution in [2.45, 2.75) is 32.8 Å². The highest BCUT2D eigenvalue weighted by Crippen LogP contribution is 2.14. The van der Waals surface area contributed by atoms with Crippen LogP contribution in [0.1, 0.15) is 32.3 Å². The molecule has 0 spiro atoms. The predicted molar refractivity (Wildman–Crippen MR) is 58.5 cm³/mol. The van der Waals surface area contributed by atoms with E-state index in [1.807, 2.05) is 12.3 Å². The van der Waals surface area contributed by atoms with E-state index in [-0.39, 0.29) is 6.10 Å². The molecule has 0 aromatic carbocycles. The lowest BCUT2D eigenvalue weighted by molar-refractivity contribution is 0.208. The summed E-state index contributed by atoms with van der Waals surface area (Å²) in [5, 5.41) is 12.1. The van der Waals surface area contributed by atoms with Crippen LogP contribution in [0.3, 0.4) is 0 Å². The molecular formula is C11H18N2O. The number of rotatable bonds is 4. The highest BCUT2D eigenvalue weighted by Gasteiger charge is 2.00. The first-order chi connectivity index (χ1) is 6.59. The fraction of sp³-hybridized carbons (Fsp3) is 0.545. The molecular weight excluding hydrogens is 176 g/mol. The Kier molecular flexibility index (Phi) is 3.89. The second-order valence-electron chi connectivity index (χ2n) is 3.86. The summed E-state index contributed by atoms with van der Waals surface area (Å²) in [6.45, 7) is 6.56. The van der Waals surface area contributed by atoms with Crippen LogP contribution in [-0.4, -0.2) is 22.7 Å². The molecule has 0 saturated carbocycles. The summed E-state index contributed by atoms with van der Waals surface area (Å²) in [6.07, 6.45) is 1.52. The van der Waals surface area contributed by atoms with Gasteiger partial charge in [-0.3, -0.25) is 0 Å². The van der Waals surface area contributed by atoms with Crippen molar-refractivity contribution in [3.8, 4) is 0 Å². The lowest BCUT2D eigenvalue weighted by Gasteiger charge is -2.09. The van der Waals surface area contributed by atoms with E-state index < -0.39 is 0 Å². The fourth-order valence-electron chi connectivity index (χ4n) is 1.10. The molecule has 1 atom stereocenters. The van der Waals surface area contributed by atoms with Crippen molar-refractivity contribution in [2.24, 2.45) is 0 Å². The molecule has 0 radical (unpaired) electrons. The molecule has 3 nitrogen and oxygen atoms in total. The third kappa shape index (κ3) is 3.34. The van der Waals surface area contributed by atoms with E-state index in [9.17, 15) is 0 Å². The maximum absolute atomic E-state index is 9.07. The van der Waals surface area contributed by atoms with Crippen LogP contribution in [0.25, 0.3) is 0 Å². The van der Waals surface area contributed by atoms with E-state index in [0.29, 0.717) is 12.5 Å². The van der Waals surface area contributed by atoms with Crippen LogP contribution in [0.4, 0.5) is 5.82 Å². The molecule has 0 amide bonds. The van der Waals surface area contributed by atoms with Gasteiger partial charge in [0.25, 0.3) is 0 Å². The molecule has 2 N–H and O–H groups in total. The van der Waals surface area contributed by atoms with Gasteiger partial charge in [0.05, 0.1) is 6.10 Å². The molecule has 0 aliphatic heterocycles. The number of nitrogens with zero attached hydrogens (tertiary/aromatic N) is 1. The van der Waals surface area contributed by atoms with Gasteiger partial charge in [-0.2, -0.15) is 0 Å². The second-order valence-corrected chi connectivity index (χ2v) is 3.86.